The Labute approximate surface area is 171 Å². The predicted molar refractivity (Wildman–Crippen MR) is 115 cm³/mol. The lowest BCUT2D eigenvalue weighted by Crippen LogP contribution is -2.14. The molecule has 0 radical (unpaired) electrons. The lowest BCUT2D eigenvalue weighted by atomic mass is 10.2. The summed E-state index contributed by atoms with van der Waals surface area (Å²) in [6, 6.07) is 16.0. The van der Waals surface area contributed by atoms with Crippen molar-refractivity contribution < 1.29 is 4.79 Å². The van der Waals surface area contributed by atoms with Crippen LogP contribution in [-0.2, 0) is 4.79 Å². The molecule has 7 heteroatoms. The first kappa shape index (κ1) is 19.9. The van der Waals surface area contributed by atoms with E-state index < -0.39 is 0 Å². The van der Waals surface area contributed by atoms with Crippen LogP contribution in [0, 0.1) is 13.8 Å². The smallest absolute Gasteiger partial charge is 0.262 e. The number of carbonyl (C=O) groups excluding carboxylic acids is 1. The highest BCUT2D eigenvalue weighted by Crippen LogP contribution is 2.27. The fraction of sp³-hybridized carbons (Fsp3) is 0.0952. The van der Waals surface area contributed by atoms with Crippen molar-refractivity contribution in [3.8, 4) is 0 Å². The number of halogens is 1. The van der Waals surface area contributed by atoms with Crippen molar-refractivity contribution in [3.05, 3.63) is 91.7 Å². The van der Waals surface area contributed by atoms with E-state index in [1.165, 1.54) is 6.07 Å². The molecule has 1 aromatic heterocycles. The van der Waals surface area contributed by atoms with Crippen LogP contribution in [0.5, 0.6) is 0 Å². The summed E-state index contributed by atoms with van der Waals surface area (Å²) in [5.41, 5.74) is 2.91. The molecule has 3 rings (SSSR count). The minimum Gasteiger partial charge on any atom is -0.322 e. The van der Waals surface area contributed by atoms with Crippen molar-refractivity contribution in [2.45, 2.75) is 19.0 Å². The Hall–Kier alpha value is -2.83. The molecule has 5 nitrogen and oxygen atoms in total. The van der Waals surface area contributed by atoms with Gasteiger partial charge in [-0.2, -0.15) is 0 Å². The van der Waals surface area contributed by atoms with Crippen LogP contribution in [0.2, 0.25) is 5.02 Å². The Morgan fingerprint density at radius 3 is 2.43 bits per heavy atom. The molecule has 1 heterocycles. The second-order valence-corrected chi connectivity index (χ2v) is 7.64. The molecule has 0 unspecified atom stereocenters. The Balaban J connectivity index is 1.92. The van der Waals surface area contributed by atoms with Crippen molar-refractivity contribution in [2.24, 2.45) is 0 Å². The maximum Gasteiger partial charge on any atom is 0.262 e. The van der Waals surface area contributed by atoms with E-state index in [4.69, 9.17) is 11.6 Å². The van der Waals surface area contributed by atoms with Gasteiger partial charge in [-0.3, -0.25) is 9.59 Å². The highest BCUT2D eigenvalue weighted by atomic mass is 35.5. The summed E-state index contributed by atoms with van der Waals surface area (Å²) in [4.78, 5) is 32.0. The highest BCUT2D eigenvalue weighted by molar-refractivity contribution is 8.04. The number of aryl methyl sites for hydroxylation is 2. The fourth-order valence-electron chi connectivity index (χ4n) is 2.39. The van der Waals surface area contributed by atoms with Crippen LogP contribution in [0.4, 0.5) is 5.69 Å². The molecule has 1 amide bonds. The molecule has 2 aromatic carbocycles. The molecule has 0 saturated carbocycles. The lowest BCUT2D eigenvalue weighted by molar-refractivity contribution is -0.112. The average Bonchev–Trinajstić information content (AvgIpc) is 2.64. The van der Waals surface area contributed by atoms with Gasteiger partial charge in [0.1, 0.15) is 0 Å². The number of carbonyl (C=O) groups is 1. The number of aromatic amines is 1. The zero-order valence-corrected chi connectivity index (χ0v) is 16.9. The molecule has 0 aliphatic carbocycles. The topological polar surface area (TPSA) is 74.8 Å². The fourth-order valence-corrected chi connectivity index (χ4v) is 3.40. The molecule has 2 N–H and O–H groups in total. The van der Waals surface area contributed by atoms with E-state index >= 15 is 0 Å². The van der Waals surface area contributed by atoms with Crippen molar-refractivity contribution >= 4 is 41.0 Å². The van der Waals surface area contributed by atoms with Gasteiger partial charge in [-0.15, -0.1) is 0 Å². The number of benzene rings is 2. The van der Waals surface area contributed by atoms with Crippen LogP contribution in [0.3, 0.4) is 0 Å². The molecule has 0 spiro atoms. The number of hydrogen-bond acceptors (Lipinski definition) is 4. The first-order valence-electron chi connectivity index (χ1n) is 8.50. The molecule has 142 valence electrons. The molecule has 0 fully saturated rings. The molecule has 3 aromatic rings. The average molecular weight is 412 g/mol. The molecular weight excluding hydrogens is 394 g/mol. The first-order chi connectivity index (χ1) is 13.4. The summed E-state index contributed by atoms with van der Waals surface area (Å²) >= 11 is 7.04. The van der Waals surface area contributed by atoms with Crippen molar-refractivity contribution in [3.63, 3.8) is 0 Å². The molecule has 28 heavy (non-hydrogen) atoms. The summed E-state index contributed by atoms with van der Waals surface area (Å²) in [5, 5.41) is 3.84. The quantitative estimate of drug-likeness (QED) is 0.359. The number of thioether (sulfide) groups is 1. The summed E-state index contributed by atoms with van der Waals surface area (Å²) in [6.45, 7) is 3.71. The van der Waals surface area contributed by atoms with Gasteiger partial charge in [0.2, 0.25) is 0 Å². The molecule has 0 aliphatic rings. The van der Waals surface area contributed by atoms with Crippen LogP contribution in [0.1, 0.15) is 16.8 Å². The van der Waals surface area contributed by atoms with Crippen LogP contribution in [0.15, 0.2) is 69.5 Å². The third-order valence-electron chi connectivity index (χ3n) is 3.76. The standard InChI is InChI=1S/C21H18ClN3O2S/c1-13-3-9-17(10-4-13)24-20(27)18(12-15-5-7-16(22)8-6-15)28-21-23-14(2)11-19(26)25-21/h3-12H,1-2H3,(H,24,27)(H,23,25,26)/b18-12+. The number of hydrogen-bond donors (Lipinski definition) is 2. The van der Waals surface area contributed by atoms with Crippen molar-refractivity contribution in [1.82, 2.24) is 9.97 Å². The van der Waals surface area contributed by atoms with Gasteiger partial charge < -0.3 is 10.3 Å². The predicted octanol–water partition coefficient (Wildman–Crippen LogP) is 4.81. The van der Waals surface area contributed by atoms with Gasteiger partial charge in [-0.25, -0.2) is 4.98 Å². The van der Waals surface area contributed by atoms with E-state index in [0.29, 0.717) is 26.5 Å². The third-order valence-corrected chi connectivity index (χ3v) is 4.92. The Bertz CT molecular complexity index is 1070. The maximum atomic E-state index is 12.9. The summed E-state index contributed by atoms with van der Waals surface area (Å²) in [5.74, 6) is -0.298. The molecule has 0 saturated heterocycles. The number of aromatic nitrogens is 2. The Kier molecular flexibility index (Phi) is 6.34. The minimum atomic E-state index is -0.298. The van der Waals surface area contributed by atoms with E-state index in [9.17, 15) is 9.59 Å². The molecule has 0 bridgehead atoms. The van der Waals surface area contributed by atoms with E-state index in [-0.39, 0.29) is 11.5 Å². The number of nitrogens with zero attached hydrogens (tertiary/aromatic N) is 1. The van der Waals surface area contributed by atoms with Crippen molar-refractivity contribution in [1.29, 1.82) is 0 Å². The van der Waals surface area contributed by atoms with Gasteiger partial charge >= 0.3 is 0 Å². The van der Waals surface area contributed by atoms with E-state index in [1.807, 2.05) is 43.3 Å². The highest BCUT2D eigenvalue weighted by Gasteiger charge is 2.14. The van der Waals surface area contributed by atoms with Crippen LogP contribution >= 0.6 is 23.4 Å². The van der Waals surface area contributed by atoms with Crippen LogP contribution in [0.25, 0.3) is 6.08 Å². The van der Waals surface area contributed by atoms with E-state index in [1.54, 1.807) is 25.1 Å². The molecule has 0 atom stereocenters. The Morgan fingerprint density at radius 1 is 1.11 bits per heavy atom. The Morgan fingerprint density at radius 2 is 1.79 bits per heavy atom. The monoisotopic (exact) mass is 411 g/mol. The lowest BCUT2D eigenvalue weighted by Gasteiger charge is -2.09. The summed E-state index contributed by atoms with van der Waals surface area (Å²) < 4.78 is 0. The summed E-state index contributed by atoms with van der Waals surface area (Å²) in [7, 11) is 0. The van der Waals surface area contributed by atoms with E-state index in [2.05, 4.69) is 15.3 Å². The van der Waals surface area contributed by atoms with Crippen LogP contribution in [-0.4, -0.2) is 15.9 Å². The molecule has 0 aliphatic heterocycles. The second-order valence-electron chi connectivity index (χ2n) is 6.17. The normalized spacial score (nSPS) is 11.3. The van der Waals surface area contributed by atoms with Crippen molar-refractivity contribution in [2.75, 3.05) is 5.32 Å². The number of amides is 1. The zero-order valence-electron chi connectivity index (χ0n) is 15.3. The van der Waals surface area contributed by atoms with Gasteiger partial charge in [-0.05, 0) is 61.5 Å². The third kappa shape index (κ3) is 5.58. The number of nitrogens with one attached hydrogen (secondary N) is 2. The van der Waals surface area contributed by atoms with Gasteiger partial charge in [0.25, 0.3) is 11.5 Å². The van der Waals surface area contributed by atoms with Gasteiger partial charge in [-0.1, -0.05) is 41.4 Å². The second kappa shape index (κ2) is 8.91. The summed E-state index contributed by atoms with van der Waals surface area (Å²) in [6.07, 6.45) is 1.73. The first-order valence-corrected chi connectivity index (χ1v) is 9.69. The number of anilines is 1. The SMILES string of the molecule is Cc1ccc(NC(=O)/C(=C\c2ccc(Cl)cc2)Sc2nc(C)cc(=O)[nH]2)cc1. The zero-order chi connectivity index (χ0) is 20.1. The van der Waals surface area contributed by atoms with Gasteiger partial charge in [0.05, 0.1) is 4.91 Å². The van der Waals surface area contributed by atoms with Gasteiger partial charge in [0, 0.05) is 22.5 Å². The van der Waals surface area contributed by atoms with Gasteiger partial charge in [0.15, 0.2) is 5.16 Å². The van der Waals surface area contributed by atoms with E-state index in [0.717, 1.165) is 22.9 Å². The number of H-pyrrole nitrogens is 1. The maximum absolute atomic E-state index is 12.9. The number of rotatable bonds is 5. The minimum absolute atomic E-state index is 0.264. The molecular formula is C21H18ClN3O2S. The largest absolute Gasteiger partial charge is 0.322 e. The van der Waals surface area contributed by atoms with Crippen LogP contribution < -0.4 is 10.9 Å².